The molecule has 0 bridgehead atoms. The average Bonchev–Trinajstić information content (AvgIpc) is 2.08. The van der Waals surface area contributed by atoms with Crippen molar-refractivity contribution >= 4 is 12.0 Å². The third kappa shape index (κ3) is 2.08. The maximum atomic E-state index is 12.7. The highest BCUT2D eigenvalue weighted by Gasteiger charge is 2.13. The van der Waals surface area contributed by atoms with Crippen LogP contribution in [0, 0.1) is 15.9 Å². The van der Waals surface area contributed by atoms with E-state index in [0.29, 0.717) is 5.56 Å². The van der Waals surface area contributed by atoms with Crippen LogP contribution in [0.1, 0.15) is 5.56 Å². The number of nitrogens with zero attached hydrogens (tertiary/aromatic N) is 1. The van der Waals surface area contributed by atoms with Crippen molar-refractivity contribution in [1.82, 2.24) is 0 Å². The van der Waals surface area contributed by atoms with Crippen LogP contribution in [0.2, 0.25) is 0 Å². The first-order valence-electron chi connectivity index (χ1n) is 3.43. The van der Waals surface area contributed by atoms with Gasteiger partial charge in [0.05, 0.1) is 4.92 Å². The van der Waals surface area contributed by atoms with Crippen molar-refractivity contribution in [2.24, 2.45) is 0 Å². The second-order valence-electron chi connectivity index (χ2n) is 2.36. The molecule has 0 atom stereocenters. The molecule has 0 spiro atoms. The van der Waals surface area contributed by atoms with Crippen molar-refractivity contribution < 1.29 is 14.1 Å². The van der Waals surface area contributed by atoms with E-state index in [-0.39, 0.29) is 6.42 Å². The molecule has 0 saturated heterocycles. The molecule has 1 aromatic rings. The summed E-state index contributed by atoms with van der Waals surface area (Å²) in [4.78, 5) is 19.4. The summed E-state index contributed by atoms with van der Waals surface area (Å²) in [7, 11) is 0. The molecule has 67 valence electrons. The Hall–Kier alpha value is -1.78. The Labute approximate surface area is 73.1 Å². The number of carbonyl (C=O) groups excluding carboxylic acids is 1. The Morgan fingerprint density at radius 1 is 1.54 bits per heavy atom. The van der Waals surface area contributed by atoms with Gasteiger partial charge in [-0.25, -0.2) is 0 Å². The van der Waals surface area contributed by atoms with Crippen LogP contribution in [0.15, 0.2) is 18.2 Å². The molecule has 0 aliphatic rings. The van der Waals surface area contributed by atoms with E-state index in [2.05, 4.69) is 0 Å². The predicted octanol–water partition coefficient (Wildman–Crippen LogP) is 1.39. The minimum Gasteiger partial charge on any atom is -0.291 e. The summed E-state index contributed by atoms with van der Waals surface area (Å²) in [5.41, 5.74) is -0.240. The Bertz CT molecular complexity index is 351. The summed E-state index contributed by atoms with van der Waals surface area (Å²) in [6.45, 7) is 0. The van der Waals surface area contributed by atoms with Crippen LogP contribution in [-0.4, -0.2) is 11.2 Å². The molecule has 1 aromatic carbocycles. The van der Waals surface area contributed by atoms with E-state index in [1.54, 1.807) is 6.29 Å². The lowest BCUT2D eigenvalue weighted by Gasteiger charge is -1.96. The van der Waals surface area contributed by atoms with Gasteiger partial charge in [0.2, 0.25) is 12.1 Å². The quantitative estimate of drug-likeness (QED) is 0.524. The fourth-order valence-corrected chi connectivity index (χ4v) is 0.891. The molecular weight excluding hydrogens is 177 g/mol. The van der Waals surface area contributed by atoms with Gasteiger partial charge in [0, 0.05) is 12.5 Å². The minimum absolute atomic E-state index is 0.0683. The summed E-state index contributed by atoms with van der Waals surface area (Å²) in [6.07, 6.45) is 1.51. The van der Waals surface area contributed by atoms with E-state index in [1.807, 2.05) is 0 Å². The SMILES string of the molecule is O=[C]Cc1ccc(F)c([N+](=O)[O-])c1. The lowest BCUT2D eigenvalue weighted by atomic mass is 10.1. The molecule has 5 heteroatoms. The van der Waals surface area contributed by atoms with Crippen LogP contribution in [0.5, 0.6) is 0 Å². The van der Waals surface area contributed by atoms with Crippen molar-refractivity contribution in [3.8, 4) is 0 Å². The first-order chi connectivity index (χ1) is 6.15. The van der Waals surface area contributed by atoms with E-state index >= 15 is 0 Å². The third-order valence-corrected chi connectivity index (χ3v) is 1.48. The van der Waals surface area contributed by atoms with Gasteiger partial charge in [0.25, 0.3) is 0 Å². The van der Waals surface area contributed by atoms with Crippen molar-refractivity contribution in [3.05, 3.63) is 39.7 Å². The number of rotatable bonds is 3. The molecule has 0 saturated carbocycles. The molecule has 0 fully saturated rings. The zero-order valence-corrected chi connectivity index (χ0v) is 6.49. The van der Waals surface area contributed by atoms with Crippen molar-refractivity contribution in [2.75, 3.05) is 0 Å². The average molecular weight is 182 g/mol. The van der Waals surface area contributed by atoms with Crippen LogP contribution in [0.3, 0.4) is 0 Å². The van der Waals surface area contributed by atoms with Crippen LogP contribution in [0.4, 0.5) is 10.1 Å². The van der Waals surface area contributed by atoms with Crippen molar-refractivity contribution in [1.29, 1.82) is 0 Å². The number of benzene rings is 1. The molecular formula is C8H5FNO3. The molecule has 0 aliphatic carbocycles. The van der Waals surface area contributed by atoms with Gasteiger partial charge in [0.1, 0.15) is 0 Å². The number of hydrogen-bond donors (Lipinski definition) is 0. The summed E-state index contributed by atoms with van der Waals surface area (Å²) in [5.74, 6) is -0.903. The van der Waals surface area contributed by atoms with Crippen molar-refractivity contribution in [2.45, 2.75) is 6.42 Å². The fraction of sp³-hybridized carbons (Fsp3) is 0.125. The standard InChI is InChI=1S/C8H5FNO3/c9-7-2-1-6(3-4-11)5-8(7)10(12)13/h1-2,5H,3H2. The highest BCUT2D eigenvalue weighted by atomic mass is 19.1. The lowest BCUT2D eigenvalue weighted by molar-refractivity contribution is -0.387. The number of nitro benzene ring substituents is 1. The second-order valence-corrected chi connectivity index (χ2v) is 2.36. The molecule has 0 aromatic heterocycles. The van der Waals surface area contributed by atoms with Gasteiger partial charge < -0.3 is 0 Å². The molecule has 13 heavy (non-hydrogen) atoms. The zero-order valence-electron chi connectivity index (χ0n) is 6.49. The molecule has 0 heterocycles. The normalized spacial score (nSPS) is 9.62. The summed E-state index contributed by atoms with van der Waals surface area (Å²) in [6, 6.07) is 3.30. The Kier molecular flexibility index (Phi) is 2.69. The summed E-state index contributed by atoms with van der Waals surface area (Å²) in [5, 5.41) is 10.2. The highest BCUT2D eigenvalue weighted by Crippen LogP contribution is 2.18. The van der Waals surface area contributed by atoms with Gasteiger partial charge in [-0.3, -0.25) is 14.9 Å². The molecule has 0 aliphatic heterocycles. The number of hydrogen-bond acceptors (Lipinski definition) is 3. The van der Waals surface area contributed by atoms with Gasteiger partial charge in [-0.1, -0.05) is 6.07 Å². The Morgan fingerprint density at radius 2 is 2.23 bits per heavy atom. The van der Waals surface area contributed by atoms with Crippen LogP contribution < -0.4 is 0 Å². The number of nitro groups is 1. The Morgan fingerprint density at radius 3 is 2.77 bits per heavy atom. The predicted molar refractivity (Wildman–Crippen MR) is 42.5 cm³/mol. The van der Waals surface area contributed by atoms with E-state index in [1.165, 1.54) is 6.07 Å². The first kappa shape index (κ1) is 9.31. The molecule has 0 unspecified atom stereocenters. The smallest absolute Gasteiger partial charge is 0.291 e. The van der Waals surface area contributed by atoms with Crippen LogP contribution >= 0.6 is 0 Å². The minimum atomic E-state index is -0.903. The maximum Gasteiger partial charge on any atom is 0.305 e. The van der Waals surface area contributed by atoms with Gasteiger partial charge >= 0.3 is 5.69 Å². The second kappa shape index (κ2) is 3.75. The fourth-order valence-electron chi connectivity index (χ4n) is 0.891. The topological polar surface area (TPSA) is 60.2 Å². The van der Waals surface area contributed by atoms with Gasteiger partial charge in [-0.15, -0.1) is 0 Å². The van der Waals surface area contributed by atoms with Crippen LogP contribution in [-0.2, 0) is 11.2 Å². The number of halogens is 1. The molecule has 0 N–H and O–H groups in total. The van der Waals surface area contributed by atoms with E-state index in [4.69, 9.17) is 0 Å². The van der Waals surface area contributed by atoms with Gasteiger partial charge in [-0.05, 0) is 11.6 Å². The molecule has 1 radical (unpaired) electrons. The molecule has 1 rings (SSSR count). The van der Waals surface area contributed by atoms with Crippen molar-refractivity contribution in [3.63, 3.8) is 0 Å². The third-order valence-electron chi connectivity index (χ3n) is 1.48. The summed E-state index contributed by atoms with van der Waals surface area (Å²) >= 11 is 0. The van der Waals surface area contributed by atoms with Gasteiger partial charge in [0.15, 0.2) is 0 Å². The highest BCUT2D eigenvalue weighted by molar-refractivity contribution is 5.56. The molecule has 4 nitrogen and oxygen atoms in total. The monoisotopic (exact) mass is 182 g/mol. The maximum absolute atomic E-state index is 12.7. The zero-order chi connectivity index (χ0) is 9.84. The van der Waals surface area contributed by atoms with E-state index in [0.717, 1.165) is 12.1 Å². The van der Waals surface area contributed by atoms with Crippen LogP contribution in [0.25, 0.3) is 0 Å². The molecule has 0 amide bonds. The lowest BCUT2D eigenvalue weighted by Crippen LogP contribution is -1.95. The van der Waals surface area contributed by atoms with Gasteiger partial charge in [-0.2, -0.15) is 4.39 Å². The summed E-state index contributed by atoms with van der Waals surface area (Å²) < 4.78 is 12.7. The first-order valence-corrected chi connectivity index (χ1v) is 3.43. The largest absolute Gasteiger partial charge is 0.305 e. The van der Waals surface area contributed by atoms with E-state index < -0.39 is 16.4 Å². The van der Waals surface area contributed by atoms with E-state index in [9.17, 15) is 19.3 Å². The Balaban J connectivity index is 3.10.